The van der Waals surface area contributed by atoms with E-state index in [0.29, 0.717) is 5.75 Å². The van der Waals surface area contributed by atoms with Crippen molar-refractivity contribution in [2.45, 2.75) is 37.2 Å². The third-order valence-electron chi connectivity index (χ3n) is 4.77. The van der Waals surface area contributed by atoms with Crippen LogP contribution in [0.2, 0.25) is 0 Å². The molecule has 27 heavy (non-hydrogen) atoms. The lowest BCUT2D eigenvalue weighted by Crippen LogP contribution is -2.44. The average molecular weight is 451 g/mol. The number of nitrogens with one attached hydrogen (secondary N) is 1. The van der Waals surface area contributed by atoms with Gasteiger partial charge in [0.25, 0.3) is 0 Å². The number of carbonyl (C=O) groups excluding carboxylic acids is 1. The van der Waals surface area contributed by atoms with Gasteiger partial charge in [0, 0.05) is 35.0 Å². The Morgan fingerprint density at radius 1 is 1.22 bits per heavy atom. The second kappa shape index (κ2) is 9.71. The minimum absolute atomic E-state index is 0.0966. The maximum Gasteiger partial charge on any atom is 0.230 e. The minimum Gasteiger partial charge on any atom is -0.353 e. The maximum atomic E-state index is 13.0. The van der Waals surface area contributed by atoms with E-state index in [1.54, 1.807) is 11.8 Å². The first kappa shape index (κ1) is 20.4. The number of aryl methyl sites for hydroxylation is 1. The standard InChI is InChI=1S/C21H24BrFN2OS/c1-15-12-17(22)4-7-20(15)27-14-21(26)24-19-8-10-25(11-9-19)13-16-2-5-18(23)6-3-16/h2-7,12,19H,8-11,13-14H2,1H3,(H,24,26). The topological polar surface area (TPSA) is 32.3 Å². The number of rotatable bonds is 6. The van der Waals surface area contributed by atoms with Crippen molar-refractivity contribution in [3.63, 3.8) is 0 Å². The molecule has 1 aliphatic heterocycles. The number of nitrogens with zero attached hydrogens (tertiary/aromatic N) is 1. The van der Waals surface area contributed by atoms with Crippen molar-refractivity contribution in [2.24, 2.45) is 0 Å². The van der Waals surface area contributed by atoms with Crippen LogP contribution in [-0.4, -0.2) is 35.7 Å². The Morgan fingerprint density at radius 2 is 1.93 bits per heavy atom. The summed E-state index contributed by atoms with van der Waals surface area (Å²) in [5.74, 6) is 0.341. The number of benzene rings is 2. The lowest BCUT2D eigenvalue weighted by molar-refractivity contribution is -0.119. The third-order valence-corrected chi connectivity index (χ3v) is 6.44. The Kier molecular flexibility index (Phi) is 7.33. The first-order valence-electron chi connectivity index (χ1n) is 9.15. The van der Waals surface area contributed by atoms with E-state index < -0.39 is 0 Å². The fourth-order valence-electron chi connectivity index (χ4n) is 3.27. The van der Waals surface area contributed by atoms with Gasteiger partial charge in [-0.1, -0.05) is 28.1 Å². The van der Waals surface area contributed by atoms with Crippen LogP contribution in [0.5, 0.6) is 0 Å². The van der Waals surface area contributed by atoms with Crippen LogP contribution in [0, 0.1) is 12.7 Å². The van der Waals surface area contributed by atoms with Gasteiger partial charge < -0.3 is 5.32 Å². The van der Waals surface area contributed by atoms with Gasteiger partial charge in [-0.25, -0.2) is 4.39 Å². The van der Waals surface area contributed by atoms with Gasteiger partial charge in [0.05, 0.1) is 5.75 Å². The van der Waals surface area contributed by atoms with Gasteiger partial charge in [0.1, 0.15) is 5.82 Å². The fourth-order valence-corrected chi connectivity index (χ4v) is 4.57. The van der Waals surface area contributed by atoms with E-state index in [1.807, 2.05) is 24.3 Å². The van der Waals surface area contributed by atoms with Gasteiger partial charge in [-0.2, -0.15) is 0 Å². The first-order valence-corrected chi connectivity index (χ1v) is 10.9. The molecule has 1 fully saturated rings. The van der Waals surface area contributed by atoms with Crippen molar-refractivity contribution in [1.29, 1.82) is 0 Å². The van der Waals surface area contributed by atoms with Crippen LogP contribution >= 0.6 is 27.7 Å². The van der Waals surface area contributed by atoms with E-state index in [0.717, 1.165) is 47.4 Å². The van der Waals surface area contributed by atoms with E-state index >= 15 is 0 Å². The zero-order chi connectivity index (χ0) is 19.2. The van der Waals surface area contributed by atoms with E-state index in [1.165, 1.54) is 17.7 Å². The first-order chi connectivity index (χ1) is 13.0. The van der Waals surface area contributed by atoms with Crippen LogP contribution in [-0.2, 0) is 11.3 Å². The molecular weight excluding hydrogens is 427 g/mol. The molecule has 1 heterocycles. The molecule has 1 amide bonds. The van der Waals surface area contributed by atoms with Crippen molar-refractivity contribution in [1.82, 2.24) is 10.2 Å². The summed E-state index contributed by atoms with van der Waals surface area (Å²) in [5, 5.41) is 3.17. The second-order valence-corrected chi connectivity index (χ2v) is 8.88. The van der Waals surface area contributed by atoms with Crippen molar-refractivity contribution in [3.05, 3.63) is 63.9 Å². The second-order valence-electron chi connectivity index (χ2n) is 6.94. The SMILES string of the molecule is Cc1cc(Br)ccc1SCC(=O)NC1CCN(Cc2ccc(F)cc2)CC1. The molecule has 0 saturated carbocycles. The fraction of sp³-hybridized carbons (Fsp3) is 0.381. The molecule has 1 saturated heterocycles. The molecule has 2 aromatic carbocycles. The number of hydrogen-bond acceptors (Lipinski definition) is 3. The van der Waals surface area contributed by atoms with Gasteiger partial charge in [-0.15, -0.1) is 11.8 Å². The van der Waals surface area contributed by atoms with Gasteiger partial charge >= 0.3 is 0 Å². The highest BCUT2D eigenvalue weighted by Crippen LogP contribution is 2.25. The average Bonchev–Trinajstić information content (AvgIpc) is 2.64. The molecule has 2 aromatic rings. The van der Waals surface area contributed by atoms with Crippen LogP contribution in [0.15, 0.2) is 51.8 Å². The van der Waals surface area contributed by atoms with Crippen LogP contribution in [0.25, 0.3) is 0 Å². The van der Waals surface area contributed by atoms with E-state index in [2.05, 4.69) is 39.1 Å². The lowest BCUT2D eigenvalue weighted by Gasteiger charge is -2.32. The molecule has 6 heteroatoms. The molecule has 1 aliphatic rings. The summed E-state index contributed by atoms with van der Waals surface area (Å²) in [6.45, 7) is 4.78. The highest BCUT2D eigenvalue weighted by molar-refractivity contribution is 9.10. The Balaban J connectivity index is 1.39. The quantitative estimate of drug-likeness (QED) is 0.643. The van der Waals surface area contributed by atoms with Crippen LogP contribution in [0.3, 0.4) is 0 Å². The summed E-state index contributed by atoms with van der Waals surface area (Å²) in [7, 11) is 0. The van der Waals surface area contributed by atoms with E-state index in [-0.39, 0.29) is 17.8 Å². The maximum absolute atomic E-state index is 13.0. The molecule has 144 valence electrons. The number of piperidine rings is 1. The zero-order valence-electron chi connectivity index (χ0n) is 15.4. The number of thioether (sulfide) groups is 1. The zero-order valence-corrected chi connectivity index (χ0v) is 17.8. The number of likely N-dealkylation sites (tertiary alicyclic amines) is 1. The smallest absolute Gasteiger partial charge is 0.230 e. The molecule has 0 unspecified atom stereocenters. The molecule has 3 rings (SSSR count). The van der Waals surface area contributed by atoms with Gasteiger partial charge in [0.2, 0.25) is 5.91 Å². The number of carbonyl (C=O) groups is 1. The molecule has 0 atom stereocenters. The molecule has 1 N–H and O–H groups in total. The molecule has 0 aromatic heterocycles. The molecule has 0 radical (unpaired) electrons. The van der Waals surface area contributed by atoms with Crippen LogP contribution in [0.1, 0.15) is 24.0 Å². The van der Waals surface area contributed by atoms with E-state index in [4.69, 9.17) is 0 Å². The normalized spacial score (nSPS) is 15.7. The minimum atomic E-state index is -0.198. The van der Waals surface area contributed by atoms with Gasteiger partial charge in [0.15, 0.2) is 0 Å². The number of hydrogen-bond donors (Lipinski definition) is 1. The van der Waals surface area contributed by atoms with E-state index in [9.17, 15) is 9.18 Å². The van der Waals surface area contributed by atoms with Crippen LogP contribution < -0.4 is 5.32 Å². The number of amides is 1. The molecule has 0 aliphatic carbocycles. The predicted octanol–water partition coefficient (Wildman–Crippen LogP) is 4.77. The molecule has 0 spiro atoms. The third kappa shape index (κ3) is 6.33. The van der Waals surface area contributed by atoms with Crippen molar-refractivity contribution in [2.75, 3.05) is 18.8 Å². The predicted molar refractivity (Wildman–Crippen MR) is 112 cm³/mol. The Morgan fingerprint density at radius 3 is 2.59 bits per heavy atom. The summed E-state index contributed by atoms with van der Waals surface area (Å²) in [6.07, 6.45) is 1.91. The highest BCUT2D eigenvalue weighted by atomic mass is 79.9. The molecule has 3 nitrogen and oxygen atoms in total. The van der Waals surface area contributed by atoms with Crippen LogP contribution in [0.4, 0.5) is 4.39 Å². The largest absolute Gasteiger partial charge is 0.353 e. The van der Waals surface area contributed by atoms with Crippen molar-refractivity contribution >= 4 is 33.6 Å². The van der Waals surface area contributed by atoms with Gasteiger partial charge in [-0.3, -0.25) is 9.69 Å². The summed E-state index contributed by atoms with van der Waals surface area (Å²) >= 11 is 5.04. The van der Waals surface area contributed by atoms with Crippen molar-refractivity contribution in [3.8, 4) is 0 Å². The molecule has 0 bridgehead atoms. The lowest BCUT2D eigenvalue weighted by atomic mass is 10.0. The molecular formula is C21H24BrFN2OS. The van der Waals surface area contributed by atoms with Gasteiger partial charge in [-0.05, 0) is 61.2 Å². The Hall–Kier alpha value is -1.37. The van der Waals surface area contributed by atoms with Crippen molar-refractivity contribution < 1.29 is 9.18 Å². The summed E-state index contributed by atoms with van der Waals surface area (Å²) < 4.78 is 14.0. The summed E-state index contributed by atoms with van der Waals surface area (Å²) in [6, 6.07) is 13.1. The summed E-state index contributed by atoms with van der Waals surface area (Å²) in [4.78, 5) is 15.8. The number of halogens is 2. The Bertz CT molecular complexity index is 776. The highest BCUT2D eigenvalue weighted by Gasteiger charge is 2.20. The Labute approximate surface area is 172 Å². The monoisotopic (exact) mass is 450 g/mol. The summed E-state index contributed by atoms with van der Waals surface area (Å²) in [5.41, 5.74) is 2.30.